The monoisotopic (exact) mass is 380 g/mol. The van der Waals surface area contributed by atoms with E-state index in [4.69, 9.17) is 9.47 Å². The first-order chi connectivity index (χ1) is 13.7. The fraction of sp³-hybridized carbons (Fsp3) is 0.368. The Kier molecular flexibility index (Phi) is 4.00. The first-order valence-corrected chi connectivity index (χ1v) is 9.38. The number of anilines is 1. The zero-order valence-corrected chi connectivity index (χ0v) is 15.5. The molecule has 1 aromatic carbocycles. The Morgan fingerprint density at radius 1 is 1.04 bits per heavy atom. The Hall–Kier alpha value is -3.36. The van der Waals surface area contributed by atoms with E-state index in [-0.39, 0.29) is 12.7 Å². The predicted octanol–water partition coefficient (Wildman–Crippen LogP) is 1.38. The van der Waals surface area contributed by atoms with Gasteiger partial charge in [-0.05, 0) is 30.3 Å². The fourth-order valence-corrected chi connectivity index (χ4v) is 3.56. The molecule has 0 radical (unpaired) electrons. The van der Waals surface area contributed by atoms with E-state index in [1.165, 1.54) is 0 Å². The highest BCUT2D eigenvalue weighted by Gasteiger charge is 2.25. The van der Waals surface area contributed by atoms with Gasteiger partial charge in [-0.25, -0.2) is 0 Å². The molecule has 0 saturated carbocycles. The quantitative estimate of drug-likeness (QED) is 0.679. The first kappa shape index (κ1) is 16.8. The number of hydrogen-bond donors (Lipinski definition) is 0. The minimum atomic E-state index is 0.00781. The Morgan fingerprint density at radius 3 is 2.68 bits per heavy atom. The molecule has 2 aliphatic rings. The highest BCUT2D eigenvalue weighted by atomic mass is 16.7. The van der Waals surface area contributed by atoms with Gasteiger partial charge in [0.15, 0.2) is 23.0 Å². The van der Waals surface area contributed by atoms with Crippen LogP contribution < -0.4 is 14.4 Å². The van der Waals surface area contributed by atoms with E-state index in [0.29, 0.717) is 30.2 Å². The van der Waals surface area contributed by atoms with Gasteiger partial charge in [0.1, 0.15) is 5.82 Å². The van der Waals surface area contributed by atoms with Crippen molar-refractivity contribution in [2.45, 2.75) is 13.3 Å². The zero-order chi connectivity index (χ0) is 19.1. The SMILES string of the molecule is CCc1nnc2ccc(N3CCN(C(=O)c4ccc5c(c4)OCO5)CC3)nn12. The molecule has 2 aliphatic heterocycles. The molecule has 0 aliphatic carbocycles. The van der Waals surface area contributed by atoms with Crippen LogP contribution in [0.4, 0.5) is 5.82 Å². The minimum absolute atomic E-state index is 0.00781. The summed E-state index contributed by atoms with van der Waals surface area (Å²) in [6, 6.07) is 9.22. The highest BCUT2D eigenvalue weighted by molar-refractivity contribution is 5.95. The summed E-state index contributed by atoms with van der Waals surface area (Å²) in [5.41, 5.74) is 1.37. The van der Waals surface area contributed by atoms with Crippen molar-refractivity contribution in [3.05, 3.63) is 41.7 Å². The third-order valence-electron chi connectivity index (χ3n) is 5.14. The van der Waals surface area contributed by atoms with E-state index < -0.39 is 0 Å². The van der Waals surface area contributed by atoms with Crippen LogP contribution in [0.1, 0.15) is 23.1 Å². The lowest BCUT2D eigenvalue weighted by Crippen LogP contribution is -2.49. The second-order valence-corrected chi connectivity index (χ2v) is 6.78. The van der Waals surface area contributed by atoms with Gasteiger partial charge in [0.2, 0.25) is 6.79 Å². The largest absolute Gasteiger partial charge is 0.454 e. The van der Waals surface area contributed by atoms with Gasteiger partial charge in [-0.1, -0.05) is 6.92 Å². The summed E-state index contributed by atoms with van der Waals surface area (Å²) in [4.78, 5) is 16.9. The summed E-state index contributed by atoms with van der Waals surface area (Å²) in [5.74, 6) is 3.03. The van der Waals surface area contributed by atoms with Crippen molar-refractivity contribution >= 4 is 17.4 Å². The van der Waals surface area contributed by atoms with Crippen molar-refractivity contribution in [2.24, 2.45) is 0 Å². The third kappa shape index (κ3) is 2.79. The predicted molar refractivity (Wildman–Crippen MR) is 101 cm³/mol. The lowest BCUT2D eigenvalue weighted by Gasteiger charge is -2.35. The molecule has 0 spiro atoms. The normalized spacial score (nSPS) is 16.0. The summed E-state index contributed by atoms with van der Waals surface area (Å²) >= 11 is 0. The summed E-state index contributed by atoms with van der Waals surface area (Å²) in [6.07, 6.45) is 0.773. The molecular formula is C19H20N6O3. The second-order valence-electron chi connectivity index (χ2n) is 6.78. The van der Waals surface area contributed by atoms with Gasteiger partial charge in [-0.2, -0.15) is 4.52 Å². The average Bonchev–Trinajstić information content (AvgIpc) is 3.38. The fourth-order valence-electron chi connectivity index (χ4n) is 3.56. The molecule has 1 fully saturated rings. The number of amides is 1. The number of fused-ring (bicyclic) bond motifs is 2. The smallest absolute Gasteiger partial charge is 0.254 e. The summed E-state index contributed by atoms with van der Waals surface area (Å²) in [6.45, 7) is 4.95. The number of ether oxygens (including phenoxy) is 2. The molecule has 0 atom stereocenters. The van der Waals surface area contributed by atoms with E-state index in [2.05, 4.69) is 20.2 Å². The molecule has 9 heteroatoms. The van der Waals surface area contributed by atoms with Crippen LogP contribution in [-0.4, -0.2) is 63.6 Å². The second kappa shape index (κ2) is 6.66. The number of rotatable bonds is 3. The number of carbonyl (C=O) groups is 1. The van der Waals surface area contributed by atoms with E-state index in [1.807, 2.05) is 24.0 Å². The maximum absolute atomic E-state index is 12.8. The number of piperazine rings is 1. The van der Waals surface area contributed by atoms with Crippen LogP contribution in [0, 0.1) is 0 Å². The van der Waals surface area contributed by atoms with E-state index in [9.17, 15) is 4.79 Å². The lowest BCUT2D eigenvalue weighted by atomic mass is 10.1. The molecule has 0 N–H and O–H groups in total. The van der Waals surface area contributed by atoms with Crippen LogP contribution >= 0.6 is 0 Å². The van der Waals surface area contributed by atoms with Crippen molar-refractivity contribution in [3.8, 4) is 11.5 Å². The van der Waals surface area contributed by atoms with Crippen LogP contribution in [0.3, 0.4) is 0 Å². The van der Waals surface area contributed by atoms with Gasteiger partial charge in [-0.3, -0.25) is 4.79 Å². The topological polar surface area (TPSA) is 85.1 Å². The maximum atomic E-state index is 12.8. The molecule has 9 nitrogen and oxygen atoms in total. The van der Waals surface area contributed by atoms with Crippen molar-refractivity contribution in [1.29, 1.82) is 0 Å². The van der Waals surface area contributed by atoms with Crippen molar-refractivity contribution in [2.75, 3.05) is 37.9 Å². The Morgan fingerprint density at radius 2 is 1.86 bits per heavy atom. The highest BCUT2D eigenvalue weighted by Crippen LogP contribution is 2.33. The molecular weight excluding hydrogens is 360 g/mol. The minimum Gasteiger partial charge on any atom is -0.454 e. The lowest BCUT2D eigenvalue weighted by molar-refractivity contribution is 0.0746. The Bertz CT molecular complexity index is 1040. The number of benzene rings is 1. The van der Waals surface area contributed by atoms with Crippen LogP contribution in [0.15, 0.2) is 30.3 Å². The number of carbonyl (C=O) groups excluding carboxylic acids is 1. The number of hydrogen-bond acceptors (Lipinski definition) is 7. The molecule has 3 aromatic rings. The molecule has 0 bridgehead atoms. The van der Waals surface area contributed by atoms with Gasteiger partial charge < -0.3 is 19.3 Å². The van der Waals surface area contributed by atoms with Crippen molar-refractivity contribution < 1.29 is 14.3 Å². The molecule has 2 aromatic heterocycles. The Balaban J connectivity index is 1.29. The van der Waals surface area contributed by atoms with Crippen LogP contribution in [-0.2, 0) is 6.42 Å². The average molecular weight is 380 g/mol. The number of aryl methyl sites for hydroxylation is 1. The van der Waals surface area contributed by atoms with Gasteiger partial charge in [0, 0.05) is 38.2 Å². The molecule has 28 heavy (non-hydrogen) atoms. The third-order valence-corrected chi connectivity index (χ3v) is 5.14. The molecule has 5 rings (SSSR count). The van der Waals surface area contributed by atoms with E-state index in [1.54, 1.807) is 22.7 Å². The summed E-state index contributed by atoms with van der Waals surface area (Å²) in [5, 5.41) is 13.0. The zero-order valence-electron chi connectivity index (χ0n) is 15.5. The van der Waals surface area contributed by atoms with Crippen LogP contribution in [0.25, 0.3) is 5.65 Å². The standard InChI is InChI=1S/C19H20N6O3/c1-2-16-20-21-17-5-6-18(22-25(16)17)23-7-9-24(10-8-23)19(26)13-3-4-14-15(11-13)28-12-27-14/h3-6,11H,2,7-10,12H2,1H3. The van der Waals surface area contributed by atoms with Gasteiger partial charge in [0.25, 0.3) is 5.91 Å². The number of nitrogens with zero attached hydrogens (tertiary/aromatic N) is 6. The number of aromatic nitrogens is 4. The summed E-state index contributed by atoms with van der Waals surface area (Å²) in [7, 11) is 0. The molecule has 1 saturated heterocycles. The van der Waals surface area contributed by atoms with Crippen LogP contribution in [0.5, 0.6) is 11.5 Å². The molecule has 1 amide bonds. The first-order valence-electron chi connectivity index (χ1n) is 9.38. The van der Waals surface area contributed by atoms with E-state index in [0.717, 1.165) is 36.8 Å². The van der Waals surface area contributed by atoms with Crippen LogP contribution in [0.2, 0.25) is 0 Å². The van der Waals surface area contributed by atoms with E-state index >= 15 is 0 Å². The Labute approximate surface area is 161 Å². The molecule has 144 valence electrons. The maximum Gasteiger partial charge on any atom is 0.254 e. The van der Waals surface area contributed by atoms with Crippen molar-refractivity contribution in [3.63, 3.8) is 0 Å². The van der Waals surface area contributed by atoms with Gasteiger partial charge in [-0.15, -0.1) is 15.3 Å². The van der Waals surface area contributed by atoms with Gasteiger partial charge >= 0.3 is 0 Å². The summed E-state index contributed by atoms with van der Waals surface area (Å²) < 4.78 is 12.5. The van der Waals surface area contributed by atoms with Gasteiger partial charge in [0.05, 0.1) is 0 Å². The van der Waals surface area contributed by atoms with Crippen molar-refractivity contribution in [1.82, 2.24) is 24.7 Å². The molecule has 4 heterocycles. The molecule has 0 unspecified atom stereocenters.